The van der Waals surface area contributed by atoms with Gasteiger partial charge in [-0.2, -0.15) is 0 Å². The third-order valence-electron chi connectivity index (χ3n) is 10.3. The number of carbonyl (C=O) groups excluding carboxylic acids is 1. The average Bonchev–Trinajstić information content (AvgIpc) is 3.02. The van der Waals surface area contributed by atoms with Gasteiger partial charge < -0.3 is 14.3 Å². The number of hydrogen-bond donors (Lipinski definition) is 1. The quantitative estimate of drug-likeness (QED) is 0.711. The molecule has 9 atom stereocenters. The SMILES string of the molecule is CC1(C)C(=O)C=C[C@]2(C)C3CC[C@@]4(C)[C@H](c5ccoc5)C[C@H]5O[C@]54C3[C@H](O)CC12. The minimum absolute atomic E-state index is 0.0244. The van der Waals surface area contributed by atoms with Crippen LogP contribution in [0.3, 0.4) is 0 Å². The van der Waals surface area contributed by atoms with Gasteiger partial charge in [0.15, 0.2) is 5.78 Å². The van der Waals surface area contributed by atoms with Crippen molar-refractivity contribution in [2.45, 2.75) is 77.1 Å². The van der Waals surface area contributed by atoms with Gasteiger partial charge in [-0.3, -0.25) is 4.79 Å². The summed E-state index contributed by atoms with van der Waals surface area (Å²) in [6, 6.07) is 2.10. The number of carbonyl (C=O) groups is 1. The fourth-order valence-corrected chi connectivity index (χ4v) is 8.73. The first kappa shape index (κ1) is 18.4. The topological polar surface area (TPSA) is 63.0 Å². The lowest BCUT2D eigenvalue weighted by Crippen LogP contribution is -2.64. The molecule has 3 unspecified atom stereocenters. The van der Waals surface area contributed by atoms with Gasteiger partial charge in [0.05, 0.1) is 24.7 Å². The van der Waals surface area contributed by atoms with Crippen molar-refractivity contribution in [3.8, 4) is 0 Å². The highest BCUT2D eigenvalue weighted by Crippen LogP contribution is 2.78. The van der Waals surface area contributed by atoms with Gasteiger partial charge in [0.1, 0.15) is 5.60 Å². The minimum atomic E-state index is -0.424. The van der Waals surface area contributed by atoms with Crippen molar-refractivity contribution in [2.24, 2.45) is 34.0 Å². The molecule has 156 valence electrons. The molecular weight excluding hydrogens is 364 g/mol. The Balaban J connectivity index is 1.44. The summed E-state index contributed by atoms with van der Waals surface area (Å²) < 4.78 is 11.9. The van der Waals surface area contributed by atoms with Crippen LogP contribution in [0.1, 0.15) is 64.9 Å². The standard InChI is InChI=1S/C25H32O4/c1-22(2)18-12-17(26)21-15(23(18,3)8-6-19(22)27)5-9-24(4)16(14-7-10-28-13-14)11-20-25(21,24)29-20/h6-8,10,13,15-18,20-21,26H,5,9,11-12H2,1-4H3/t15?,16-,17+,18?,20+,21?,23+,24-,25-/m0/s1. The maximum absolute atomic E-state index is 12.7. The number of furan rings is 1. The molecule has 5 aliphatic rings. The van der Waals surface area contributed by atoms with Gasteiger partial charge >= 0.3 is 0 Å². The number of allylic oxidation sites excluding steroid dienone is 2. The van der Waals surface area contributed by atoms with E-state index in [-0.39, 0.29) is 40.2 Å². The fraction of sp³-hybridized carbons (Fsp3) is 0.720. The van der Waals surface area contributed by atoms with E-state index in [0.717, 1.165) is 19.3 Å². The number of rotatable bonds is 1. The van der Waals surface area contributed by atoms with Crippen molar-refractivity contribution in [1.29, 1.82) is 0 Å². The van der Waals surface area contributed by atoms with Crippen LogP contribution in [0.2, 0.25) is 0 Å². The Bertz CT molecular complexity index is 900. The lowest BCUT2D eigenvalue weighted by molar-refractivity contribution is -0.174. The molecule has 1 N–H and O–H groups in total. The van der Waals surface area contributed by atoms with Crippen LogP contribution >= 0.6 is 0 Å². The van der Waals surface area contributed by atoms with E-state index in [1.54, 1.807) is 6.26 Å². The van der Waals surface area contributed by atoms with Gasteiger partial charge in [-0.15, -0.1) is 0 Å². The molecule has 0 amide bonds. The Morgan fingerprint density at radius 3 is 2.69 bits per heavy atom. The zero-order chi connectivity index (χ0) is 20.4. The molecular formula is C25H32O4. The zero-order valence-corrected chi connectivity index (χ0v) is 17.9. The lowest BCUT2D eigenvalue weighted by Gasteiger charge is -2.62. The molecule has 3 saturated carbocycles. The van der Waals surface area contributed by atoms with Gasteiger partial charge in [0.2, 0.25) is 0 Å². The fourth-order valence-electron chi connectivity index (χ4n) is 8.73. The first-order valence-corrected chi connectivity index (χ1v) is 11.3. The highest BCUT2D eigenvalue weighted by molar-refractivity contribution is 5.95. The van der Waals surface area contributed by atoms with Crippen LogP contribution in [0.15, 0.2) is 35.2 Å². The van der Waals surface area contributed by atoms with Gasteiger partial charge in [-0.25, -0.2) is 0 Å². The molecule has 1 aliphatic heterocycles. The maximum Gasteiger partial charge on any atom is 0.161 e. The Labute approximate surface area is 172 Å². The van der Waals surface area contributed by atoms with E-state index in [2.05, 4.69) is 39.8 Å². The van der Waals surface area contributed by atoms with E-state index in [4.69, 9.17) is 9.15 Å². The first-order valence-electron chi connectivity index (χ1n) is 11.3. The highest BCUT2D eigenvalue weighted by Gasteiger charge is 2.82. The molecule has 1 spiro atoms. The third kappa shape index (κ3) is 1.92. The molecule has 4 fully saturated rings. The number of aliphatic hydroxyl groups is 1. The van der Waals surface area contributed by atoms with Crippen LogP contribution in [-0.4, -0.2) is 28.7 Å². The van der Waals surface area contributed by atoms with E-state index in [9.17, 15) is 9.90 Å². The van der Waals surface area contributed by atoms with Crippen LogP contribution < -0.4 is 0 Å². The molecule has 0 radical (unpaired) electrons. The Kier molecular flexibility index (Phi) is 3.33. The molecule has 1 saturated heterocycles. The Morgan fingerprint density at radius 1 is 1.17 bits per heavy atom. The van der Waals surface area contributed by atoms with Gasteiger partial charge in [0, 0.05) is 16.7 Å². The third-order valence-corrected chi connectivity index (χ3v) is 10.3. The van der Waals surface area contributed by atoms with E-state index >= 15 is 0 Å². The zero-order valence-electron chi connectivity index (χ0n) is 17.9. The van der Waals surface area contributed by atoms with Crippen LogP contribution in [0.25, 0.3) is 0 Å². The molecule has 2 heterocycles. The highest BCUT2D eigenvalue weighted by atomic mass is 16.6. The van der Waals surface area contributed by atoms with Crippen molar-refractivity contribution in [3.05, 3.63) is 36.3 Å². The molecule has 4 nitrogen and oxygen atoms in total. The Morgan fingerprint density at radius 2 is 1.97 bits per heavy atom. The predicted octanol–water partition coefficient (Wildman–Crippen LogP) is 4.49. The minimum Gasteiger partial charge on any atom is -0.472 e. The molecule has 4 heteroatoms. The van der Waals surface area contributed by atoms with Crippen LogP contribution in [-0.2, 0) is 9.53 Å². The molecule has 4 aliphatic carbocycles. The summed E-state index contributed by atoms with van der Waals surface area (Å²) in [6.45, 7) is 8.87. The summed E-state index contributed by atoms with van der Waals surface area (Å²) in [4.78, 5) is 12.7. The maximum atomic E-state index is 12.7. The number of epoxide rings is 1. The molecule has 29 heavy (non-hydrogen) atoms. The molecule has 6 rings (SSSR count). The number of fused-ring (bicyclic) bond motifs is 3. The van der Waals surface area contributed by atoms with Crippen LogP contribution in [0.5, 0.6) is 0 Å². The van der Waals surface area contributed by atoms with Crippen molar-refractivity contribution in [1.82, 2.24) is 0 Å². The van der Waals surface area contributed by atoms with Crippen LogP contribution in [0.4, 0.5) is 0 Å². The number of ketones is 1. The van der Waals surface area contributed by atoms with Gasteiger partial charge in [0.25, 0.3) is 0 Å². The van der Waals surface area contributed by atoms with E-state index in [1.807, 2.05) is 12.3 Å². The smallest absolute Gasteiger partial charge is 0.161 e. The summed E-state index contributed by atoms with van der Waals surface area (Å²) in [6.07, 6.45) is 11.4. The van der Waals surface area contributed by atoms with Gasteiger partial charge in [-0.1, -0.05) is 33.8 Å². The largest absolute Gasteiger partial charge is 0.472 e. The van der Waals surface area contributed by atoms with Crippen molar-refractivity contribution in [2.75, 3.05) is 0 Å². The second kappa shape index (κ2) is 5.26. The number of hydrogen-bond acceptors (Lipinski definition) is 4. The van der Waals surface area contributed by atoms with Crippen molar-refractivity contribution in [3.63, 3.8) is 0 Å². The van der Waals surface area contributed by atoms with E-state index < -0.39 is 11.5 Å². The summed E-state index contributed by atoms with van der Waals surface area (Å²) >= 11 is 0. The van der Waals surface area contributed by atoms with Gasteiger partial charge in [-0.05, 0) is 66.6 Å². The number of aliphatic hydroxyl groups excluding tert-OH is 1. The van der Waals surface area contributed by atoms with Crippen molar-refractivity contribution < 1.29 is 19.1 Å². The van der Waals surface area contributed by atoms with Crippen molar-refractivity contribution >= 4 is 5.78 Å². The first-order chi connectivity index (χ1) is 13.7. The second-order valence-electron chi connectivity index (χ2n) is 11.5. The average molecular weight is 397 g/mol. The Hall–Kier alpha value is -1.39. The predicted molar refractivity (Wildman–Crippen MR) is 108 cm³/mol. The molecule has 1 aromatic heterocycles. The summed E-state index contributed by atoms with van der Waals surface area (Å²) in [5.74, 6) is 1.29. The lowest BCUT2D eigenvalue weighted by atomic mass is 9.41. The molecule has 1 aromatic rings. The van der Waals surface area contributed by atoms with E-state index in [1.165, 1.54) is 5.56 Å². The summed E-state index contributed by atoms with van der Waals surface area (Å²) in [5.41, 5.74) is 0.579. The summed E-state index contributed by atoms with van der Waals surface area (Å²) in [7, 11) is 0. The summed E-state index contributed by atoms with van der Waals surface area (Å²) in [5, 5.41) is 11.5. The monoisotopic (exact) mass is 396 g/mol. The number of ether oxygens (including phenoxy) is 1. The second-order valence-corrected chi connectivity index (χ2v) is 11.5. The normalized spacial score (nSPS) is 54.3. The molecule has 0 bridgehead atoms. The molecule has 0 aromatic carbocycles. The van der Waals surface area contributed by atoms with E-state index in [0.29, 0.717) is 18.3 Å². The van der Waals surface area contributed by atoms with Crippen LogP contribution in [0, 0.1) is 34.0 Å².